The van der Waals surface area contributed by atoms with Gasteiger partial charge in [0.1, 0.15) is 0 Å². The number of hydrogen-bond donors (Lipinski definition) is 1. The fourth-order valence-electron chi connectivity index (χ4n) is 1.91. The second kappa shape index (κ2) is 4.83. The van der Waals surface area contributed by atoms with Crippen molar-refractivity contribution < 1.29 is 14.7 Å². The van der Waals surface area contributed by atoms with E-state index in [9.17, 15) is 9.59 Å². The molecular formula is C13H10BrNO3. The number of aromatic carboxylic acids is 1. The Kier molecular flexibility index (Phi) is 3.39. The number of carboxylic acids is 1. The lowest BCUT2D eigenvalue weighted by molar-refractivity contribution is -0.117. The summed E-state index contributed by atoms with van der Waals surface area (Å²) in [6, 6.07) is 4.80. The summed E-state index contributed by atoms with van der Waals surface area (Å²) < 4.78 is 0.485. The van der Waals surface area contributed by atoms with Crippen LogP contribution < -0.4 is 4.90 Å². The Bertz CT molecular complexity index is 562. The molecule has 1 aliphatic rings. The lowest BCUT2D eigenvalue weighted by atomic mass is 10.1. The molecule has 1 unspecified atom stereocenters. The van der Waals surface area contributed by atoms with Crippen LogP contribution in [-0.4, -0.2) is 23.5 Å². The average molecular weight is 308 g/mol. The zero-order valence-electron chi connectivity index (χ0n) is 9.39. The number of nitrogens with zero attached hydrogens (tertiary/aromatic N) is 1. The van der Waals surface area contributed by atoms with Crippen molar-refractivity contribution in [3.63, 3.8) is 0 Å². The van der Waals surface area contributed by atoms with E-state index in [4.69, 9.17) is 11.5 Å². The van der Waals surface area contributed by atoms with Crippen molar-refractivity contribution in [2.24, 2.45) is 5.92 Å². The standard InChI is InChI=1S/C13H10BrNO3/c1-2-8-5-12(16)15(7-8)9-3-4-11(14)10(6-9)13(17)18/h1,3-4,6,8H,5,7H2,(H,17,18). The van der Waals surface area contributed by atoms with Crippen LogP contribution in [0.25, 0.3) is 0 Å². The molecule has 1 aromatic carbocycles. The van der Waals surface area contributed by atoms with Crippen molar-refractivity contribution in [3.05, 3.63) is 28.2 Å². The zero-order chi connectivity index (χ0) is 13.3. The molecule has 0 aliphatic carbocycles. The average Bonchev–Trinajstić information content (AvgIpc) is 2.71. The lowest BCUT2D eigenvalue weighted by Gasteiger charge is -2.16. The number of halogens is 1. The molecular weight excluding hydrogens is 298 g/mol. The van der Waals surface area contributed by atoms with Crippen LogP contribution in [0.5, 0.6) is 0 Å². The molecule has 2 rings (SSSR count). The molecule has 5 heteroatoms. The lowest BCUT2D eigenvalue weighted by Crippen LogP contribution is -2.24. The molecule has 4 nitrogen and oxygen atoms in total. The quantitative estimate of drug-likeness (QED) is 0.852. The number of anilines is 1. The monoisotopic (exact) mass is 307 g/mol. The first-order valence-corrected chi connectivity index (χ1v) is 6.11. The van der Waals surface area contributed by atoms with Gasteiger partial charge in [-0.3, -0.25) is 4.79 Å². The first kappa shape index (κ1) is 12.7. The van der Waals surface area contributed by atoms with Gasteiger partial charge in [-0.1, -0.05) is 0 Å². The molecule has 0 spiro atoms. The van der Waals surface area contributed by atoms with E-state index in [0.717, 1.165) is 0 Å². The first-order chi connectivity index (χ1) is 8.52. The first-order valence-electron chi connectivity index (χ1n) is 5.32. The fraction of sp³-hybridized carbons (Fsp3) is 0.231. The van der Waals surface area contributed by atoms with E-state index >= 15 is 0 Å². The summed E-state index contributed by atoms with van der Waals surface area (Å²) in [5.74, 6) is 1.34. The van der Waals surface area contributed by atoms with Gasteiger partial charge in [-0.05, 0) is 34.1 Å². The Morgan fingerprint density at radius 2 is 2.28 bits per heavy atom. The summed E-state index contributed by atoms with van der Waals surface area (Å²) in [5.41, 5.74) is 0.697. The third-order valence-corrected chi connectivity index (χ3v) is 3.54. The number of rotatable bonds is 2. The number of benzene rings is 1. The van der Waals surface area contributed by atoms with Gasteiger partial charge in [0.15, 0.2) is 0 Å². The van der Waals surface area contributed by atoms with Crippen LogP contribution in [0.4, 0.5) is 5.69 Å². The minimum Gasteiger partial charge on any atom is -0.478 e. The second-order valence-corrected chi connectivity index (χ2v) is 4.90. The zero-order valence-corrected chi connectivity index (χ0v) is 11.0. The molecule has 1 aliphatic heterocycles. The number of carbonyl (C=O) groups excluding carboxylic acids is 1. The van der Waals surface area contributed by atoms with Gasteiger partial charge in [-0.2, -0.15) is 0 Å². The molecule has 0 radical (unpaired) electrons. The third-order valence-electron chi connectivity index (χ3n) is 2.85. The highest BCUT2D eigenvalue weighted by Crippen LogP contribution is 2.28. The predicted molar refractivity (Wildman–Crippen MR) is 70.4 cm³/mol. The normalized spacial score (nSPS) is 18.8. The van der Waals surface area contributed by atoms with Gasteiger partial charge >= 0.3 is 5.97 Å². The minimum atomic E-state index is -1.04. The molecule has 1 heterocycles. The van der Waals surface area contributed by atoms with Crippen molar-refractivity contribution in [2.75, 3.05) is 11.4 Å². The maximum atomic E-state index is 11.8. The molecule has 1 aromatic rings. The maximum absolute atomic E-state index is 11.8. The minimum absolute atomic E-state index is 0.0726. The summed E-state index contributed by atoms with van der Waals surface area (Å²) in [5, 5.41) is 9.03. The number of amides is 1. The predicted octanol–water partition coefficient (Wildman–Crippen LogP) is 2.13. The topological polar surface area (TPSA) is 57.6 Å². The van der Waals surface area contributed by atoms with Crippen LogP contribution in [0, 0.1) is 18.3 Å². The van der Waals surface area contributed by atoms with E-state index in [2.05, 4.69) is 21.9 Å². The molecule has 1 amide bonds. The number of carboxylic acid groups (broad SMARTS) is 1. The van der Waals surface area contributed by atoms with Gasteiger partial charge in [0.25, 0.3) is 0 Å². The second-order valence-electron chi connectivity index (χ2n) is 4.04. The molecule has 18 heavy (non-hydrogen) atoms. The van der Waals surface area contributed by atoms with Gasteiger partial charge in [0.05, 0.1) is 5.56 Å². The number of carbonyl (C=O) groups is 2. The number of terminal acetylenes is 1. The Labute approximate surface area is 113 Å². The molecule has 1 N–H and O–H groups in total. The Morgan fingerprint density at radius 1 is 1.56 bits per heavy atom. The summed E-state index contributed by atoms with van der Waals surface area (Å²) >= 11 is 3.16. The van der Waals surface area contributed by atoms with Gasteiger partial charge < -0.3 is 10.0 Å². The van der Waals surface area contributed by atoms with E-state index < -0.39 is 5.97 Å². The van der Waals surface area contributed by atoms with Crippen molar-refractivity contribution in [3.8, 4) is 12.3 Å². The molecule has 1 atom stereocenters. The van der Waals surface area contributed by atoms with E-state index in [0.29, 0.717) is 23.1 Å². The highest BCUT2D eigenvalue weighted by molar-refractivity contribution is 9.10. The highest BCUT2D eigenvalue weighted by Gasteiger charge is 2.29. The van der Waals surface area contributed by atoms with Crippen LogP contribution in [0.3, 0.4) is 0 Å². The molecule has 0 aromatic heterocycles. The smallest absolute Gasteiger partial charge is 0.336 e. The Hall–Kier alpha value is -1.80. The van der Waals surface area contributed by atoms with Crippen LogP contribution in [0.15, 0.2) is 22.7 Å². The van der Waals surface area contributed by atoms with E-state index in [1.54, 1.807) is 12.1 Å². The van der Waals surface area contributed by atoms with E-state index in [1.807, 2.05) is 0 Å². The number of hydrogen-bond acceptors (Lipinski definition) is 2. The Balaban J connectivity index is 2.35. The largest absolute Gasteiger partial charge is 0.478 e. The summed E-state index contributed by atoms with van der Waals surface area (Å²) in [6.45, 7) is 0.441. The Morgan fingerprint density at radius 3 is 2.83 bits per heavy atom. The highest BCUT2D eigenvalue weighted by atomic mass is 79.9. The van der Waals surface area contributed by atoms with Crippen molar-refractivity contribution in [1.82, 2.24) is 0 Å². The molecule has 0 bridgehead atoms. The van der Waals surface area contributed by atoms with Crippen LogP contribution in [-0.2, 0) is 4.79 Å². The summed E-state index contributed by atoms with van der Waals surface area (Å²) in [7, 11) is 0. The van der Waals surface area contributed by atoms with Crippen molar-refractivity contribution in [1.29, 1.82) is 0 Å². The fourth-order valence-corrected chi connectivity index (χ4v) is 2.33. The molecule has 0 saturated carbocycles. The third kappa shape index (κ3) is 2.24. The van der Waals surface area contributed by atoms with E-state index in [1.165, 1.54) is 11.0 Å². The SMILES string of the molecule is C#CC1CC(=O)N(c2ccc(Br)c(C(=O)O)c2)C1. The van der Waals surface area contributed by atoms with Gasteiger partial charge in [0.2, 0.25) is 5.91 Å². The van der Waals surface area contributed by atoms with Crippen LogP contribution in [0.2, 0.25) is 0 Å². The summed E-state index contributed by atoms with van der Waals surface area (Å²) in [6.07, 6.45) is 5.62. The van der Waals surface area contributed by atoms with Crippen LogP contribution >= 0.6 is 15.9 Å². The van der Waals surface area contributed by atoms with Gasteiger partial charge in [0, 0.05) is 29.0 Å². The van der Waals surface area contributed by atoms with Crippen molar-refractivity contribution >= 4 is 33.5 Å². The molecule has 92 valence electrons. The van der Waals surface area contributed by atoms with Gasteiger partial charge in [-0.25, -0.2) is 4.79 Å². The molecule has 1 fully saturated rings. The van der Waals surface area contributed by atoms with Crippen molar-refractivity contribution in [2.45, 2.75) is 6.42 Å². The van der Waals surface area contributed by atoms with Crippen LogP contribution in [0.1, 0.15) is 16.8 Å². The van der Waals surface area contributed by atoms with E-state index in [-0.39, 0.29) is 17.4 Å². The maximum Gasteiger partial charge on any atom is 0.336 e. The summed E-state index contributed by atoms with van der Waals surface area (Å²) in [4.78, 5) is 24.3. The van der Waals surface area contributed by atoms with Gasteiger partial charge in [-0.15, -0.1) is 12.3 Å². The molecule has 1 saturated heterocycles.